The van der Waals surface area contributed by atoms with Crippen molar-refractivity contribution < 1.29 is 4.74 Å². The molecule has 6 nitrogen and oxygen atoms in total. The standard InChI is InChI=1S/C20H24ClN5O/c21-18-10-4-5-11-19(18)27-14-7-3-1-2-6-13-24-20(25-16-22)26-17-9-8-12-23-15-17/h4-5,8-12,15H,1-3,6-7,13-14H2,(H2,24,25,26). The topological polar surface area (TPSA) is 82.3 Å². The van der Waals surface area contributed by atoms with Gasteiger partial charge < -0.3 is 10.1 Å². The van der Waals surface area contributed by atoms with E-state index in [-0.39, 0.29) is 0 Å². The molecule has 0 amide bonds. The minimum Gasteiger partial charge on any atom is -0.492 e. The molecule has 0 spiro atoms. The second-order valence-corrected chi connectivity index (χ2v) is 6.29. The minimum absolute atomic E-state index is 0.443. The maximum Gasteiger partial charge on any atom is 0.209 e. The molecule has 2 aromatic rings. The van der Waals surface area contributed by atoms with Crippen molar-refractivity contribution in [1.29, 1.82) is 5.26 Å². The molecule has 0 radical (unpaired) electrons. The highest BCUT2D eigenvalue weighted by atomic mass is 35.5. The summed E-state index contributed by atoms with van der Waals surface area (Å²) in [6, 6.07) is 11.2. The van der Waals surface area contributed by atoms with Crippen LogP contribution in [0.4, 0.5) is 5.69 Å². The quantitative estimate of drug-likeness (QED) is 0.205. The van der Waals surface area contributed by atoms with Crippen LogP contribution < -0.4 is 15.4 Å². The van der Waals surface area contributed by atoms with Crippen LogP contribution in [0.25, 0.3) is 0 Å². The second-order valence-electron chi connectivity index (χ2n) is 5.88. The van der Waals surface area contributed by atoms with Crippen molar-refractivity contribution in [3.05, 3.63) is 53.8 Å². The molecule has 1 heterocycles. The van der Waals surface area contributed by atoms with E-state index in [1.54, 1.807) is 12.4 Å². The van der Waals surface area contributed by atoms with Gasteiger partial charge in [-0.15, -0.1) is 0 Å². The summed E-state index contributed by atoms with van der Waals surface area (Å²) in [5.41, 5.74) is 0.789. The van der Waals surface area contributed by atoms with Crippen LogP contribution in [0.3, 0.4) is 0 Å². The number of hydrogen-bond acceptors (Lipinski definition) is 4. The van der Waals surface area contributed by atoms with Crippen molar-refractivity contribution in [3.63, 3.8) is 0 Å². The number of aromatic nitrogens is 1. The third-order valence-corrected chi connectivity index (χ3v) is 4.08. The van der Waals surface area contributed by atoms with Gasteiger partial charge >= 0.3 is 0 Å². The summed E-state index contributed by atoms with van der Waals surface area (Å²) >= 11 is 6.05. The zero-order valence-corrected chi connectivity index (χ0v) is 16.0. The summed E-state index contributed by atoms with van der Waals surface area (Å²) in [4.78, 5) is 8.42. The van der Waals surface area contributed by atoms with Gasteiger partial charge in [0.05, 0.1) is 23.5 Å². The van der Waals surface area contributed by atoms with Crippen LogP contribution in [0.5, 0.6) is 5.75 Å². The van der Waals surface area contributed by atoms with Gasteiger partial charge in [-0.05, 0) is 37.1 Å². The van der Waals surface area contributed by atoms with E-state index in [1.807, 2.05) is 42.6 Å². The van der Waals surface area contributed by atoms with Gasteiger partial charge in [0.25, 0.3) is 0 Å². The van der Waals surface area contributed by atoms with Crippen LogP contribution in [0, 0.1) is 11.5 Å². The first-order valence-corrected chi connectivity index (χ1v) is 9.41. The molecular formula is C20H24ClN5O. The number of nitrogens with zero attached hydrogens (tertiary/aromatic N) is 3. The molecule has 1 aromatic carbocycles. The summed E-state index contributed by atoms with van der Waals surface area (Å²) < 4.78 is 5.67. The Hall–Kier alpha value is -2.78. The SMILES string of the molecule is N#CNC(=NCCCCCCCOc1ccccc1Cl)Nc1cccnc1. The molecule has 2 rings (SSSR count). The van der Waals surface area contributed by atoms with Gasteiger partial charge in [0.1, 0.15) is 5.75 Å². The van der Waals surface area contributed by atoms with Crippen LogP contribution in [-0.2, 0) is 0 Å². The zero-order chi connectivity index (χ0) is 19.2. The molecule has 7 heteroatoms. The first-order valence-electron chi connectivity index (χ1n) is 9.03. The summed E-state index contributed by atoms with van der Waals surface area (Å²) in [6.07, 6.45) is 10.5. The molecule has 0 unspecified atom stereocenters. The van der Waals surface area contributed by atoms with E-state index in [2.05, 4.69) is 20.6 Å². The fourth-order valence-electron chi connectivity index (χ4n) is 2.42. The fourth-order valence-corrected chi connectivity index (χ4v) is 2.61. The third-order valence-electron chi connectivity index (χ3n) is 3.77. The Labute approximate surface area is 165 Å². The van der Waals surface area contributed by atoms with Crippen LogP contribution in [0.1, 0.15) is 32.1 Å². The Bertz CT molecular complexity index is 746. The molecule has 27 heavy (non-hydrogen) atoms. The van der Waals surface area contributed by atoms with E-state index < -0.39 is 0 Å². The van der Waals surface area contributed by atoms with Crippen molar-refractivity contribution in [3.8, 4) is 11.9 Å². The maximum atomic E-state index is 8.82. The summed E-state index contributed by atoms with van der Waals surface area (Å²) in [6.45, 7) is 1.33. The summed E-state index contributed by atoms with van der Waals surface area (Å²) in [5.74, 6) is 1.19. The van der Waals surface area contributed by atoms with E-state index in [0.29, 0.717) is 24.1 Å². The second kappa shape index (κ2) is 12.6. The van der Waals surface area contributed by atoms with Gasteiger partial charge in [0.2, 0.25) is 5.96 Å². The Morgan fingerprint density at radius 1 is 1.11 bits per heavy atom. The molecule has 1 aromatic heterocycles. The van der Waals surface area contributed by atoms with Crippen molar-refractivity contribution in [1.82, 2.24) is 10.3 Å². The van der Waals surface area contributed by atoms with Gasteiger partial charge in [-0.25, -0.2) is 0 Å². The number of nitrogens with one attached hydrogen (secondary N) is 2. The van der Waals surface area contributed by atoms with Crippen molar-refractivity contribution in [2.24, 2.45) is 4.99 Å². The van der Waals surface area contributed by atoms with E-state index in [1.165, 1.54) is 0 Å². The molecule has 0 saturated heterocycles. The molecular weight excluding hydrogens is 362 g/mol. The van der Waals surface area contributed by atoms with Gasteiger partial charge in [-0.1, -0.05) is 43.0 Å². The lowest BCUT2D eigenvalue weighted by Gasteiger charge is -2.08. The lowest BCUT2D eigenvalue weighted by atomic mass is 10.1. The van der Waals surface area contributed by atoms with E-state index in [0.717, 1.165) is 43.5 Å². The monoisotopic (exact) mass is 385 g/mol. The average molecular weight is 386 g/mol. The first kappa shape index (κ1) is 20.5. The molecule has 0 bridgehead atoms. The number of unbranched alkanes of at least 4 members (excludes halogenated alkanes) is 4. The summed E-state index contributed by atoms with van der Waals surface area (Å²) in [5, 5.41) is 15.1. The van der Waals surface area contributed by atoms with Crippen LogP contribution >= 0.6 is 11.6 Å². The number of ether oxygens (including phenoxy) is 1. The zero-order valence-electron chi connectivity index (χ0n) is 15.2. The number of guanidine groups is 1. The highest BCUT2D eigenvalue weighted by Crippen LogP contribution is 2.23. The largest absolute Gasteiger partial charge is 0.492 e. The van der Waals surface area contributed by atoms with Crippen molar-refractivity contribution >= 4 is 23.2 Å². The highest BCUT2D eigenvalue weighted by Gasteiger charge is 2.00. The first-order chi connectivity index (χ1) is 13.3. The Morgan fingerprint density at radius 2 is 1.93 bits per heavy atom. The van der Waals surface area contributed by atoms with E-state index >= 15 is 0 Å². The number of halogens is 1. The van der Waals surface area contributed by atoms with E-state index in [9.17, 15) is 0 Å². The molecule has 0 aliphatic heterocycles. The molecule has 0 aliphatic rings. The molecule has 0 saturated carbocycles. The molecule has 2 N–H and O–H groups in total. The number of aliphatic imine (C=N–C) groups is 1. The van der Waals surface area contributed by atoms with Gasteiger partial charge in [-0.3, -0.25) is 15.3 Å². The molecule has 0 fully saturated rings. The Balaban J connectivity index is 1.56. The molecule has 142 valence electrons. The van der Waals surface area contributed by atoms with Crippen LogP contribution in [-0.4, -0.2) is 24.1 Å². The third kappa shape index (κ3) is 8.43. The van der Waals surface area contributed by atoms with Gasteiger partial charge in [0, 0.05) is 12.7 Å². The van der Waals surface area contributed by atoms with E-state index in [4.69, 9.17) is 21.6 Å². The number of hydrogen-bond donors (Lipinski definition) is 2. The normalized spacial score (nSPS) is 10.9. The van der Waals surface area contributed by atoms with Crippen LogP contribution in [0.15, 0.2) is 53.8 Å². The molecule has 0 atom stereocenters. The lowest BCUT2D eigenvalue weighted by Crippen LogP contribution is -2.27. The summed E-state index contributed by atoms with van der Waals surface area (Å²) in [7, 11) is 0. The Kier molecular flexibility index (Phi) is 9.55. The van der Waals surface area contributed by atoms with Crippen LogP contribution in [0.2, 0.25) is 5.02 Å². The predicted octanol–water partition coefficient (Wildman–Crippen LogP) is 4.60. The number of anilines is 1. The maximum absolute atomic E-state index is 8.82. The average Bonchev–Trinajstić information content (AvgIpc) is 2.69. The number of pyridine rings is 1. The van der Waals surface area contributed by atoms with Gasteiger partial charge in [0.15, 0.2) is 6.19 Å². The molecule has 0 aliphatic carbocycles. The lowest BCUT2D eigenvalue weighted by molar-refractivity contribution is 0.304. The number of para-hydroxylation sites is 1. The smallest absolute Gasteiger partial charge is 0.209 e. The minimum atomic E-state index is 0.443. The predicted molar refractivity (Wildman–Crippen MR) is 109 cm³/mol. The highest BCUT2D eigenvalue weighted by molar-refractivity contribution is 6.32. The number of benzene rings is 1. The van der Waals surface area contributed by atoms with Crippen molar-refractivity contribution in [2.75, 3.05) is 18.5 Å². The number of nitriles is 1. The fraction of sp³-hybridized carbons (Fsp3) is 0.350. The number of rotatable bonds is 10. The van der Waals surface area contributed by atoms with Gasteiger partial charge in [-0.2, -0.15) is 5.26 Å². The Morgan fingerprint density at radius 3 is 2.70 bits per heavy atom. The van der Waals surface area contributed by atoms with Crippen molar-refractivity contribution in [2.45, 2.75) is 32.1 Å².